The van der Waals surface area contributed by atoms with Crippen LogP contribution in [0.15, 0.2) is 18.2 Å². The zero-order valence-corrected chi connectivity index (χ0v) is 12.4. The van der Waals surface area contributed by atoms with Crippen LogP contribution in [-0.4, -0.2) is 44.3 Å². The minimum Gasteiger partial charge on any atom is -0.497 e. The molecule has 2 aliphatic rings. The third-order valence-electron chi connectivity index (χ3n) is 4.42. The van der Waals surface area contributed by atoms with Crippen LogP contribution in [0, 0.1) is 0 Å². The van der Waals surface area contributed by atoms with Crippen molar-refractivity contribution in [2.45, 2.75) is 37.9 Å². The molecule has 0 aliphatic carbocycles. The van der Waals surface area contributed by atoms with Gasteiger partial charge in [-0.05, 0) is 37.0 Å². The monoisotopic (exact) mass is 276 g/mol. The van der Waals surface area contributed by atoms with Gasteiger partial charge in [0.25, 0.3) is 0 Å². The Labute approximate surface area is 121 Å². The lowest BCUT2D eigenvalue weighted by molar-refractivity contribution is 0.250. The van der Waals surface area contributed by atoms with Crippen LogP contribution in [0.3, 0.4) is 0 Å². The normalized spacial score (nSPS) is 26.3. The number of nitrogens with one attached hydrogen (secondary N) is 1. The van der Waals surface area contributed by atoms with Crippen LogP contribution < -0.4 is 14.8 Å². The van der Waals surface area contributed by atoms with Crippen molar-refractivity contribution in [1.82, 2.24) is 10.2 Å². The molecule has 0 spiro atoms. The van der Waals surface area contributed by atoms with Crippen molar-refractivity contribution in [3.63, 3.8) is 0 Å². The minimum atomic E-state index is 0.676. The van der Waals surface area contributed by atoms with E-state index in [4.69, 9.17) is 9.47 Å². The number of hydrogen-bond donors (Lipinski definition) is 1. The van der Waals surface area contributed by atoms with Crippen molar-refractivity contribution in [1.29, 1.82) is 0 Å². The number of ether oxygens (including phenoxy) is 2. The second kappa shape index (κ2) is 6.02. The van der Waals surface area contributed by atoms with Gasteiger partial charge >= 0.3 is 0 Å². The molecule has 1 N–H and O–H groups in total. The molecule has 1 aromatic carbocycles. The Morgan fingerprint density at radius 2 is 1.75 bits per heavy atom. The van der Waals surface area contributed by atoms with Crippen molar-refractivity contribution in [2.24, 2.45) is 0 Å². The van der Waals surface area contributed by atoms with Crippen LogP contribution in [0.25, 0.3) is 0 Å². The lowest BCUT2D eigenvalue weighted by atomic mass is 10.1. The number of methoxy groups -OCH3 is 2. The molecule has 0 aromatic heterocycles. The number of hydrogen-bond acceptors (Lipinski definition) is 4. The quantitative estimate of drug-likeness (QED) is 0.912. The fourth-order valence-electron chi connectivity index (χ4n) is 3.37. The van der Waals surface area contributed by atoms with Gasteiger partial charge in [0.2, 0.25) is 0 Å². The number of fused-ring (bicyclic) bond motifs is 2. The summed E-state index contributed by atoms with van der Waals surface area (Å²) in [4.78, 5) is 2.55. The average molecular weight is 276 g/mol. The molecule has 4 nitrogen and oxygen atoms in total. The third kappa shape index (κ3) is 3.07. The first-order valence-electron chi connectivity index (χ1n) is 7.47. The van der Waals surface area contributed by atoms with E-state index in [2.05, 4.69) is 22.3 Å². The van der Waals surface area contributed by atoms with Crippen molar-refractivity contribution < 1.29 is 9.47 Å². The second-order valence-corrected chi connectivity index (χ2v) is 5.88. The Hall–Kier alpha value is -1.26. The molecule has 110 valence electrons. The molecule has 0 amide bonds. The summed E-state index contributed by atoms with van der Waals surface area (Å²) in [7, 11) is 3.40. The molecule has 0 radical (unpaired) electrons. The second-order valence-electron chi connectivity index (χ2n) is 5.88. The Balaban J connectivity index is 1.70. The maximum Gasteiger partial charge on any atom is 0.122 e. The molecular formula is C16H24N2O2. The Morgan fingerprint density at radius 1 is 1.05 bits per heavy atom. The van der Waals surface area contributed by atoms with E-state index in [1.165, 1.54) is 31.4 Å². The van der Waals surface area contributed by atoms with Crippen LogP contribution in [0.1, 0.15) is 24.8 Å². The fraction of sp³-hybridized carbons (Fsp3) is 0.625. The van der Waals surface area contributed by atoms with Gasteiger partial charge in [0.15, 0.2) is 0 Å². The van der Waals surface area contributed by atoms with Gasteiger partial charge in [0, 0.05) is 37.8 Å². The predicted octanol–water partition coefficient (Wildman–Crippen LogP) is 2.03. The third-order valence-corrected chi connectivity index (χ3v) is 4.42. The lowest BCUT2D eigenvalue weighted by Gasteiger charge is -2.24. The van der Waals surface area contributed by atoms with Crippen LogP contribution in [0.2, 0.25) is 0 Å². The standard InChI is InChI=1S/C16H24N2O2/c1-19-15-7-12(8-16(9-15)20-2)10-18-6-5-13-3-4-14(11-18)17-13/h7-9,13-14,17H,3-6,10-11H2,1-2H3. The van der Waals surface area contributed by atoms with E-state index in [1.54, 1.807) is 14.2 Å². The maximum absolute atomic E-state index is 5.35. The first-order chi connectivity index (χ1) is 9.76. The number of nitrogens with zero attached hydrogens (tertiary/aromatic N) is 1. The molecule has 0 saturated carbocycles. The zero-order valence-electron chi connectivity index (χ0n) is 12.4. The molecule has 2 fully saturated rings. The predicted molar refractivity (Wildman–Crippen MR) is 79.4 cm³/mol. The summed E-state index contributed by atoms with van der Waals surface area (Å²) >= 11 is 0. The summed E-state index contributed by atoms with van der Waals surface area (Å²) in [5.74, 6) is 1.74. The van der Waals surface area contributed by atoms with Gasteiger partial charge in [0.05, 0.1) is 14.2 Å². The zero-order chi connectivity index (χ0) is 13.9. The van der Waals surface area contributed by atoms with E-state index in [1.807, 2.05) is 6.07 Å². The smallest absolute Gasteiger partial charge is 0.122 e. The van der Waals surface area contributed by atoms with Gasteiger partial charge in [-0.15, -0.1) is 0 Å². The lowest BCUT2D eigenvalue weighted by Crippen LogP contribution is -2.34. The van der Waals surface area contributed by atoms with E-state index in [9.17, 15) is 0 Å². The van der Waals surface area contributed by atoms with E-state index >= 15 is 0 Å². The summed E-state index contributed by atoms with van der Waals surface area (Å²) < 4.78 is 10.7. The van der Waals surface area contributed by atoms with E-state index in [-0.39, 0.29) is 0 Å². The topological polar surface area (TPSA) is 33.7 Å². The SMILES string of the molecule is COc1cc(CN2CCC3CCC(C2)N3)cc(OC)c1. The Morgan fingerprint density at radius 3 is 2.45 bits per heavy atom. The average Bonchev–Trinajstić information content (AvgIpc) is 2.81. The maximum atomic E-state index is 5.35. The fourth-order valence-corrected chi connectivity index (χ4v) is 3.37. The molecule has 2 aliphatic heterocycles. The largest absolute Gasteiger partial charge is 0.497 e. The first kappa shape index (κ1) is 13.7. The van der Waals surface area contributed by atoms with Crippen molar-refractivity contribution in [3.8, 4) is 11.5 Å². The van der Waals surface area contributed by atoms with E-state index < -0.39 is 0 Å². The van der Waals surface area contributed by atoms with Crippen molar-refractivity contribution in [3.05, 3.63) is 23.8 Å². The molecule has 4 heteroatoms. The van der Waals surface area contributed by atoms with Gasteiger partial charge in [-0.3, -0.25) is 4.90 Å². The van der Waals surface area contributed by atoms with Gasteiger partial charge in [-0.2, -0.15) is 0 Å². The highest BCUT2D eigenvalue weighted by atomic mass is 16.5. The molecule has 1 aromatic rings. The first-order valence-corrected chi connectivity index (χ1v) is 7.47. The molecular weight excluding hydrogens is 252 g/mol. The van der Waals surface area contributed by atoms with Gasteiger partial charge < -0.3 is 14.8 Å². The molecule has 3 rings (SSSR count). The van der Waals surface area contributed by atoms with Crippen LogP contribution >= 0.6 is 0 Å². The van der Waals surface area contributed by atoms with Crippen LogP contribution in [0.5, 0.6) is 11.5 Å². The van der Waals surface area contributed by atoms with Gasteiger partial charge in [-0.25, -0.2) is 0 Å². The molecule has 2 saturated heterocycles. The highest BCUT2D eigenvalue weighted by Crippen LogP contribution is 2.25. The molecule has 2 bridgehead atoms. The minimum absolute atomic E-state index is 0.676. The van der Waals surface area contributed by atoms with Gasteiger partial charge in [0.1, 0.15) is 11.5 Å². The van der Waals surface area contributed by atoms with Crippen molar-refractivity contribution >= 4 is 0 Å². The molecule has 2 heterocycles. The summed E-state index contributed by atoms with van der Waals surface area (Å²) in [5.41, 5.74) is 1.26. The van der Waals surface area contributed by atoms with E-state index in [0.717, 1.165) is 30.6 Å². The molecule has 20 heavy (non-hydrogen) atoms. The molecule has 2 unspecified atom stereocenters. The summed E-state index contributed by atoms with van der Waals surface area (Å²) in [5, 5.41) is 3.72. The van der Waals surface area contributed by atoms with Crippen LogP contribution in [-0.2, 0) is 6.54 Å². The Kier molecular flexibility index (Phi) is 4.13. The summed E-state index contributed by atoms with van der Waals surface area (Å²) in [6, 6.07) is 7.56. The van der Waals surface area contributed by atoms with Crippen LogP contribution in [0.4, 0.5) is 0 Å². The molecule has 2 atom stereocenters. The highest BCUT2D eigenvalue weighted by molar-refractivity contribution is 5.38. The van der Waals surface area contributed by atoms with Crippen molar-refractivity contribution in [2.75, 3.05) is 27.3 Å². The Bertz CT molecular complexity index is 442. The van der Waals surface area contributed by atoms with E-state index in [0.29, 0.717) is 6.04 Å². The number of rotatable bonds is 4. The number of benzene rings is 1. The highest BCUT2D eigenvalue weighted by Gasteiger charge is 2.29. The van der Waals surface area contributed by atoms with Gasteiger partial charge in [-0.1, -0.05) is 0 Å². The number of likely N-dealkylation sites (tertiary alicyclic amines) is 1. The summed E-state index contributed by atoms with van der Waals surface area (Å²) in [6.45, 7) is 3.29. The summed E-state index contributed by atoms with van der Waals surface area (Å²) in [6.07, 6.45) is 3.94.